The van der Waals surface area contributed by atoms with E-state index in [1.807, 2.05) is 43.3 Å². The van der Waals surface area contributed by atoms with Crippen LogP contribution >= 0.6 is 0 Å². The molecule has 0 fully saturated rings. The van der Waals surface area contributed by atoms with Crippen molar-refractivity contribution in [1.82, 2.24) is 20.2 Å². The van der Waals surface area contributed by atoms with Crippen molar-refractivity contribution in [2.24, 2.45) is 0 Å². The molecule has 0 aliphatic rings. The lowest BCUT2D eigenvalue weighted by atomic mass is 10.1. The lowest BCUT2D eigenvalue weighted by Crippen LogP contribution is -2.18. The summed E-state index contributed by atoms with van der Waals surface area (Å²) < 4.78 is 20.3. The SMILES string of the molecule is Cc1cccc(-n2nn[nH]c2=O)c1COc1cccc(-c2ccc(F)cc2)c1. The molecule has 0 bridgehead atoms. The van der Waals surface area contributed by atoms with Gasteiger partial charge < -0.3 is 4.74 Å². The Hall–Kier alpha value is -3.74. The van der Waals surface area contributed by atoms with E-state index in [1.165, 1.54) is 16.8 Å². The molecule has 1 heterocycles. The second-order valence-electron chi connectivity index (χ2n) is 6.31. The maximum Gasteiger partial charge on any atom is 0.365 e. The van der Waals surface area contributed by atoms with Crippen molar-refractivity contribution in [2.75, 3.05) is 0 Å². The summed E-state index contributed by atoms with van der Waals surface area (Å²) >= 11 is 0. The van der Waals surface area contributed by atoms with E-state index >= 15 is 0 Å². The van der Waals surface area contributed by atoms with Crippen molar-refractivity contribution in [3.63, 3.8) is 0 Å². The molecule has 1 N–H and O–H groups in total. The first-order valence-electron chi connectivity index (χ1n) is 8.70. The minimum Gasteiger partial charge on any atom is -0.489 e. The van der Waals surface area contributed by atoms with Crippen LogP contribution in [0, 0.1) is 12.7 Å². The summed E-state index contributed by atoms with van der Waals surface area (Å²) in [7, 11) is 0. The summed E-state index contributed by atoms with van der Waals surface area (Å²) in [5.41, 5.74) is 3.85. The van der Waals surface area contributed by atoms with Crippen LogP contribution in [0.1, 0.15) is 11.1 Å². The zero-order valence-corrected chi connectivity index (χ0v) is 15.1. The van der Waals surface area contributed by atoms with Gasteiger partial charge in [0.25, 0.3) is 0 Å². The minimum absolute atomic E-state index is 0.258. The lowest BCUT2D eigenvalue weighted by molar-refractivity contribution is 0.305. The zero-order chi connectivity index (χ0) is 19.5. The normalized spacial score (nSPS) is 10.8. The van der Waals surface area contributed by atoms with E-state index in [0.29, 0.717) is 11.4 Å². The Kier molecular flexibility index (Phi) is 4.72. The number of H-pyrrole nitrogens is 1. The summed E-state index contributed by atoms with van der Waals surface area (Å²) in [5.74, 6) is 0.398. The molecule has 7 heteroatoms. The fourth-order valence-corrected chi connectivity index (χ4v) is 2.99. The number of benzene rings is 3. The van der Waals surface area contributed by atoms with Crippen LogP contribution in [-0.2, 0) is 6.61 Å². The smallest absolute Gasteiger partial charge is 0.365 e. The van der Waals surface area contributed by atoms with E-state index in [9.17, 15) is 9.18 Å². The van der Waals surface area contributed by atoms with Crippen molar-refractivity contribution in [3.05, 3.63) is 94.2 Å². The van der Waals surface area contributed by atoms with Gasteiger partial charge in [-0.25, -0.2) is 14.3 Å². The molecular weight excluding hydrogens is 359 g/mol. The molecule has 0 saturated heterocycles. The molecule has 6 nitrogen and oxygen atoms in total. The number of ether oxygens (including phenoxy) is 1. The second-order valence-corrected chi connectivity index (χ2v) is 6.31. The van der Waals surface area contributed by atoms with Gasteiger partial charge in [-0.05, 0) is 64.4 Å². The van der Waals surface area contributed by atoms with Gasteiger partial charge in [-0.1, -0.05) is 36.4 Å². The Morgan fingerprint density at radius 2 is 1.82 bits per heavy atom. The molecule has 0 aliphatic heterocycles. The molecule has 140 valence electrons. The topological polar surface area (TPSA) is 72.8 Å². The fourth-order valence-electron chi connectivity index (χ4n) is 2.99. The van der Waals surface area contributed by atoms with Crippen molar-refractivity contribution in [2.45, 2.75) is 13.5 Å². The summed E-state index contributed by atoms with van der Waals surface area (Å²) in [4.78, 5) is 11.9. The van der Waals surface area contributed by atoms with Gasteiger partial charge in [-0.3, -0.25) is 0 Å². The third kappa shape index (κ3) is 3.55. The second kappa shape index (κ2) is 7.48. The summed E-state index contributed by atoms with van der Waals surface area (Å²) in [6, 6.07) is 19.5. The van der Waals surface area contributed by atoms with Crippen LogP contribution in [0.25, 0.3) is 16.8 Å². The Balaban J connectivity index is 1.61. The Labute approximate surface area is 160 Å². The van der Waals surface area contributed by atoms with Gasteiger partial charge in [-0.15, -0.1) is 0 Å². The molecule has 1 aromatic heterocycles. The predicted molar refractivity (Wildman–Crippen MR) is 103 cm³/mol. The van der Waals surface area contributed by atoms with Crippen LogP contribution in [0.2, 0.25) is 0 Å². The van der Waals surface area contributed by atoms with Crippen molar-refractivity contribution >= 4 is 0 Å². The number of rotatable bonds is 5. The number of hydrogen-bond acceptors (Lipinski definition) is 4. The number of aromatic nitrogens is 4. The molecule has 0 unspecified atom stereocenters. The average Bonchev–Trinajstić information content (AvgIpc) is 3.13. The maximum atomic E-state index is 13.2. The first kappa shape index (κ1) is 17.7. The van der Waals surface area contributed by atoms with Gasteiger partial charge in [-0.2, -0.15) is 4.68 Å². The van der Waals surface area contributed by atoms with Gasteiger partial charge in [0.15, 0.2) is 0 Å². The van der Waals surface area contributed by atoms with Crippen LogP contribution in [0.3, 0.4) is 0 Å². The van der Waals surface area contributed by atoms with Gasteiger partial charge in [0, 0.05) is 5.56 Å². The standard InChI is InChI=1S/C21H17FN4O2/c1-14-4-2-7-20(26-21(27)23-24-25-26)19(14)13-28-18-6-3-5-16(12-18)15-8-10-17(22)11-9-15/h2-12H,13H2,1H3,(H,23,25,27). The molecule has 28 heavy (non-hydrogen) atoms. The highest BCUT2D eigenvalue weighted by Gasteiger charge is 2.12. The summed E-state index contributed by atoms with van der Waals surface area (Å²) in [6.45, 7) is 2.20. The van der Waals surface area contributed by atoms with E-state index in [2.05, 4.69) is 15.5 Å². The van der Waals surface area contributed by atoms with Crippen LogP contribution in [0.15, 0.2) is 71.5 Å². The molecule has 4 rings (SSSR count). The number of aromatic amines is 1. The van der Waals surface area contributed by atoms with E-state index in [4.69, 9.17) is 4.74 Å². The van der Waals surface area contributed by atoms with E-state index < -0.39 is 5.69 Å². The van der Waals surface area contributed by atoms with Gasteiger partial charge in [0.2, 0.25) is 0 Å². The summed E-state index contributed by atoms with van der Waals surface area (Å²) in [6.07, 6.45) is 0. The largest absolute Gasteiger partial charge is 0.489 e. The van der Waals surface area contributed by atoms with E-state index in [1.54, 1.807) is 18.2 Å². The van der Waals surface area contributed by atoms with E-state index in [0.717, 1.165) is 22.3 Å². The highest BCUT2D eigenvalue weighted by Crippen LogP contribution is 2.26. The van der Waals surface area contributed by atoms with Crippen molar-refractivity contribution < 1.29 is 9.13 Å². The molecule has 3 aromatic carbocycles. The summed E-state index contributed by atoms with van der Waals surface area (Å²) in [5, 5.41) is 9.66. The third-order valence-electron chi connectivity index (χ3n) is 4.48. The van der Waals surface area contributed by atoms with E-state index in [-0.39, 0.29) is 12.4 Å². The number of aryl methyl sites for hydroxylation is 1. The Bertz CT molecular complexity index is 1170. The number of halogens is 1. The first-order valence-corrected chi connectivity index (χ1v) is 8.70. The minimum atomic E-state index is -0.412. The molecule has 0 spiro atoms. The molecule has 0 atom stereocenters. The van der Waals surface area contributed by atoms with Crippen LogP contribution < -0.4 is 10.4 Å². The van der Waals surface area contributed by atoms with Gasteiger partial charge >= 0.3 is 5.69 Å². The molecule has 0 saturated carbocycles. The predicted octanol–water partition coefficient (Wildman–Crippen LogP) is 3.65. The first-order chi connectivity index (χ1) is 13.6. The van der Waals surface area contributed by atoms with Crippen LogP contribution in [0.5, 0.6) is 5.75 Å². The Morgan fingerprint density at radius 1 is 1.04 bits per heavy atom. The van der Waals surface area contributed by atoms with Crippen LogP contribution in [0.4, 0.5) is 4.39 Å². The number of hydrogen-bond donors (Lipinski definition) is 1. The molecule has 4 aromatic rings. The lowest BCUT2D eigenvalue weighted by Gasteiger charge is -2.13. The van der Waals surface area contributed by atoms with Gasteiger partial charge in [0.05, 0.1) is 5.69 Å². The zero-order valence-electron chi connectivity index (χ0n) is 15.1. The monoisotopic (exact) mass is 376 g/mol. The molecule has 0 radical (unpaired) electrons. The fraction of sp³-hybridized carbons (Fsp3) is 0.0952. The molecule has 0 amide bonds. The number of nitrogens with zero attached hydrogens (tertiary/aromatic N) is 3. The number of tetrazole rings is 1. The van der Waals surface area contributed by atoms with Gasteiger partial charge in [0.1, 0.15) is 18.2 Å². The van der Waals surface area contributed by atoms with Crippen molar-refractivity contribution in [1.29, 1.82) is 0 Å². The highest BCUT2D eigenvalue weighted by atomic mass is 19.1. The van der Waals surface area contributed by atoms with Crippen molar-refractivity contribution in [3.8, 4) is 22.6 Å². The number of nitrogens with one attached hydrogen (secondary N) is 1. The third-order valence-corrected chi connectivity index (χ3v) is 4.48. The maximum absolute atomic E-state index is 13.2. The highest BCUT2D eigenvalue weighted by molar-refractivity contribution is 5.65. The molecule has 0 aliphatic carbocycles. The molecular formula is C21H17FN4O2. The average molecular weight is 376 g/mol. The van der Waals surface area contributed by atoms with Crippen LogP contribution in [-0.4, -0.2) is 20.2 Å². The Morgan fingerprint density at radius 3 is 2.57 bits per heavy atom. The quantitative estimate of drug-likeness (QED) is 0.577.